The third kappa shape index (κ3) is 1.44. The zero-order chi connectivity index (χ0) is 6.69. The van der Waals surface area contributed by atoms with E-state index < -0.39 is 0 Å². The normalized spacial score (nSPS) is 10.9. The minimum absolute atomic E-state index is 1.24. The van der Waals surface area contributed by atoms with Crippen molar-refractivity contribution in [2.45, 2.75) is 6.42 Å². The molecule has 0 heterocycles. The molecular weight excluding hydrogens is 134 g/mol. The monoisotopic (exact) mass is 141 g/mol. The maximum atomic E-state index is 4.14. The van der Waals surface area contributed by atoms with E-state index in [4.69, 9.17) is 0 Å². The summed E-state index contributed by atoms with van der Waals surface area (Å²) in [5.74, 6) is 0. The van der Waals surface area contributed by atoms with Gasteiger partial charge >= 0.3 is 0 Å². The molecule has 1 aromatic carbocycles. The molecule has 0 aliphatic heterocycles. The maximum Gasteiger partial charge on any atom is -0.00201 e. The highest BCUT2D eigenvalue weighted by atomic mass is 35.5. The molecule has 0 atom stereocenters. The van der Waals surface area contributed by atoms with Crippen LogP contribution in [-0.4, -0.2) is 0 Å². The molecule has 0 saturated carbocycles. The molecule has 0 radical (unpaired) electrons. The second kappa shape index (κ2) is 2.85. The van der Waals surface area contributed by atoms with Crippen molar-refractivity contribution in [1.29, 1.82) is 0 Å². The van der Waals surface area contributed by atoms with E-state index in [1.54, 1.807) is 0 Å². The van der Waals surface area contributed by atoms with E-state index in [2.05, 4.69) is 41.3 Å². The molecule has 0 bridgehead atoms. The van der Waals surface area contributed by atoms with E-state index in [0.29, 0.717) is 0 Å². The number of halogens is 1. The van der Waals surface area contributed by atoms with Gasteiger partial charge in [0.05, 0.1) is 0 Å². The molecule has 2 N–H and O–H groups in total. The Balaban J connectivity index is 0.000000186. The second-order valence-electron chi connectivity index (χ2n) is 1.95. The highest BCUT2D eigenvalue weighted by molar-refractivity contribution is 6.11. The average molecular weight is 142 g/mol. The first kappa shape index (κ1) is 6.59. The van der Waals surface area contributed by atoms with Crippen LogP contribution in [0.25, 0.3) is 0 Å². The van der Waals surface area contributed by atoms with Crippen LogP contribution in [0.2, 0.25) is 0 Å². The van der Waals surface area contributed by atoms with Crippen LogP contribution in [0.1, 0.15) is 11.1 Å². The SMILES string of the molecule is NCl.c1ccc2c(c1)C2. The Bertz CT molecular complexity index is 177. The van der Waals surface area contributed by atoms with Crippen LogP contribution in [0.4, 0.5) is 0 Å². The van der Waals surface area contributed by atoms with Crippen molar-refractivity contribution in [2.75, 3.05) is 0 Å². The highest BCUT2D eigenvalue weighted by Gasteiger charge is 2.12. The average Bonchev–Trinajstić information content (AvgIpc) is 2.69. The summed E-state index contributed by atoms with van der Waals surface area (Å²) >= 11 is 4.14. The first-order chi connectivity index (χ1) is 4.47. The van der Waals surface area contributed by atoms with Crippen LogP contribution in [0.5, 0.6) is 0 Å². The lowest BCUT2D eigenvalue weighted by molar-refractivity contribution is 1.61. The van der Waals surface area contributed by atoms with E-state index in [0.717, 1.165) is 0 Å². The molecule has 0 unspecified atom stereocenters. The summed E-state index contributed by atoms with van der Waals surface area (Å²) in [4.78, 5) is 0. The van der Waals surface area contributed by atoms with Crippen LogP contribution in [0.15, 0.2) is 24.3 Å². The zero-order valence-corrected chi connectivity index (χ0v) is 5.73. The molecular formula is C7H8ClN. The molecule has 2 heteroatoms. The molecule has 1 aliphatic rings. The van der Waals surface area contributed by atoms with Gasteiger partial charge in [-0.05, 0) is 29.3 Å². The smallest absolute Gasteiger partial charge is 0.00201 e. The van der Waals surface area contributed by atoms with Gasteiger partial charge < -0.3 is 0 Å². The topological polar surface area (TPSA) is 26.0 Å². The van der Waals surface area contributed by atoms with Crippen LogP contribution >= 0.6 is 11.8 Å². The summed E-state index contributed by atoms with van der Waals surface area (Å²) in [5.41, 5.74) is 3.06. The van der Waals surface area contributed by atoms with E-state index >= 15 is 0 Å². The van der Waals surface area contributed by atoms with Crippen LogP contribution < -0.4 is 5.25 Å². The van der Waals surface area contributed by atoms with Crippen molar-refractivity contribution in [3.63, 3.8) is 0 Å². The van der Waals surface area contributed by atoms with E-state index in [1.165, 1.54) is 17.5 Å². The number of rotatable bonds is 0. The summed E-state index contributed by atoms with van der Waals surface area (Å²) in [7, 11) is 0. The van der Waals surface area contributed by atoms with Crippen molar-refractivity contribution < 1.29 is 0 Å². The Morgan fingerprint density at radius 2 is 1.56 bits per heavy atom. The lowest BCUT2D eigenvalue weighted by atomic mass is 10.4. The minimum Gasteiger partial charge on any atom is -0.247 e. The van der Waals surface area contributed by atoms with Gasteiger partial charge in [0, 0.05) is 0 Å². The Morgan fingerprint density at radius 1 is 1.11 bits per heavy atom. The third-order valence-corrected chi connectivity index (χ3v) is 1.37. The Labute approximate surface area is 59.6 Å². The minimum atomic E-state index is 1.24. The predicted molar refractivity (Wildman–Crippen MR) is 39.3 cm³/mol. The molecule has 48 valence electrons. The fourth-order valence-electron chi connectivity index (χ4n) is 0.836. The molecule has 0 spiro atoms. The Hall–Kier alpha value is -0.530. The summed E-state index contributed by atoms with van der Waals surface area (Å²) in [5, 5.41) is 3.97. The Kier molecular flexibility index (Phi) is 2.09. The summed E-state index contributed by atoms with van der Waals surface area (Å²) in [6.07, 6.45) is 1.24. The largest absolute Gasteiger partial charge is 0.247 e. The lowest BCUT2D eigenvalue weighted by Gasteiger charge is -1.69. The fourth-order valence-corrected chi connectivity index (χ4v) is 0.836. The molecule has 9 heavy (non-hydrogen) atoms. The van der Waals surface area contributed by atoms with Gasteiger partial charge in [-0.15, -0.1) is 0 Å². The maximum absolute atomic E-state index is 4.14. The fraction of sp³-hybridized carbons (Fsp3) is 0.143. The summed E-state index contributed by atoms with van der Waals surface area (Å²) in [6.45, 7) is 0. The molecule has 0 amide bonds. The van der Waals surface area contributed by atoms with Crippen molar-refractivity contribution in [3.8, 4) is 0 Å². The summed E-state index contributed by atoms with van der Waals surface area (Å²) < 4.78 is 0. The van der Waals surface area contributed by atoms with Crippen molar-refractivity contribution in [2.24, 2.45) is 5.25 Å². The first-order valence-electron chi connectivity index (χ1n) is 2.75. The van der Waals surface area contributed by atoms with E-state index in [-0.39, 0.29) is 0 Å². The standard InChI is InChI=1S/C7H6.ClH2N/c1-2-4-7-5-6(7)3-1;1-2/h1-4H,5H2;2H2. The molecule has 0 saturated heterocycles. The zero-order valence-electron chi connectivity index (χ0n) is 4.97. The first-order valence-corrected chi connectivity index (χ1v) is 3.19. The van der Waals surface area contributed by atoms with E-state index in [1.807, 2.05) is 0 Å². The number of benzene rings is 1. The lowest BCUT2D eigenvalue weighted by Crippen LogP contribution is -1.48. The van der Waals surface area contributed by atoms with Gasteiger partial charge in [-0.1, -0.05) is 24.3 Å². The van der Waals surface area contributed by atoms with Crippen LogP contribution in [0, 0.1) is 0 Å². The van der Waals surface area contributed by atoms with Gasteiger partial charge in [0.2, 0.25) is 0 Å². The molecule has 1 nitrogen and oxygen atoms in total. The Morgan fingerprint density at radius 3 is 1.89 bits per heavy atom. The van der Waals surface area contributed by atoms with Gasteiger partial charge in [0.25, 0.3) is 0 Å². The highest BCUT2D eigenvalue weighted by Crippen LogP contribution is 2.25. The molecule has 1 aliphatic carbocycles. The number of fused-ring (bicyclic) bond motifs is 1. The molecule has 1 aromatic rings. The molecule has 0 aromatic heterocycles. The van der Waals surface area contributed by atoms with Crippen molar-refractivity contribution >= 4 is 11.8 Å². The summed E-state index contributed by atoms with van der Waals surface area (Å²) in [6, 6.07) is 8.53. The third-order valence-electron chi connectivity index (χ3n) is 1.37. The van der Waals surface area contributed by atoms with Gasteiger partial charge in [-0.2, -0.15) is 0 Å². The van der Waals surface area contributed by atoms with Gasteiger partial charge in [-0.25, -0.2) is 5.25 Å². The quantitative estimate of drug-likeness (QED) is 0.556. The molecule has 0 fully saturated rings. The van der Waals surface area contributed by atoms with Crippen LogP contribution in [0.3, 0.4) is 0 Å². The molecule has 2 rings (SSSR count). The second-order valence-corrected chi connectivity index (χ2v) is 1.95. The van der Waals surface area contributed by atoms with Gasteiger partial charge in [0.15, 0.2) is 0 Å². The number of nitrogens with two attached hydrogens (primary N) is 1. The number of hydrogen-bond donors (Lipinski definition) is 1. The van der Waals surface area contributed by atoms with Crippen molar-refractivity contribution in [1.82, 2.24) is 0 Å². The van der Waals surface area contributed by atoms with Crippen LogP contribution in [-0.2, 0) is 6.42 Å². The van der Waals surface area contributed by atoms with Gasteiger partial charge in [-0.3, -0.25) is 0 Å². The van der Waals surface area contributed by atoms with Gasteiger partial charge in [0.1, 0.15) is 0 Å². The van der Waals surface area contributed by atoms with Crippen molar-refractivity contribution in [3.05, 3.63) is 35.4 Å². The number of hydrogen-bond acceptors (Lipinski definition) is 1. The predicted octanol–water partition coefficient (Wildman–Crippen LogP) is 1.69. The van der Waals surface area contributed by atoms with E-state index in [9.17, 15) is 0 Å².